The second-order valence-electron chi connectivity index (χ2n) is 15.3. The van der Waals surface area contributed by atoms with Gasteiger partial charge in [-0.15, -0.1) is 0 Å². The Kier molecular flexibility index (Phi) is 7.78. The van der Waals surface area contributed by atoms with Crippen LogP contribution in [-0.4, -0.2) is 19.5 Å². The Morgan fingerprint density at radius 1 is 0.350 bits per heavy atom. The van der Waals surface area contributed by atoms with Gasteiger partial charge in [0.25, 0.3) is 0 Å². The number of hydrogen-bond acceptors (Lipinski definition) is 4. The van der Waals surface area contributed by atoms with Gasteiger partial charge in [-0.3, -0.25) is 9.47 Å². The first-order valence-electron chi connectivity index (χ1n) is 20.3. The quantitative estimate of drug-likeness (QED) is 0.164. The smallest absolute Gasteiger partial charge is 0.220 e. The zero-order chi connectivity index (χ0) is 39.6. The van der Waals surface area contributed by atoms with E-state index in [-0.39, 0.29) is 0 Å². The highest BCUT2D eigenvalue weighted by atomic mass is 15.3. The van der Waals surface area contributed by atoms with Gasteiger partial charge >= 0.3 is 0 Å². The van der Waals surface area contributed by atoms with Crippen LogP contribution in [0.25, 0.3) is 94.4 Å². The van der Waals surface area contributed by atoms with Crippen molar-refractivity contribution in [3.63, 3.8) is 0 Å². The summed E-state index contributed by atoms with van der Waals surface area (Å²) in [5.41, 5.74) is 14.2. The van der Waals surface area contributed by atoms with E-state index in [9.17, 15) is 0 Å². The molecule has 0 atom stereocenters. The topological polar surface area (TPSA) is 46.8 Å². The lowest BCUT2D eigenvalue weighted by molar-refractivity contribution is 1.05. The maximum Gasteiger partial charge on any atom is 0.220 e. The predicted molar refractivity (Wildman–Crippen MR) is 247 cm³/mol. The van der Waals surface area contributed by atoms with Crippen molar-refractivity contribution in [1.29, 1.82) is 0 Å². The first kappa shape index (κ1) is 33.9. The third kappa shape index (κ3) is 5.52. The van der Waals surface area contributed by atoms with E-state index < -0.39 is 0 Å². The number of para-hydroxylation sites is 4. The van der Waals surface area contributed by atoms with Crippen LogP contribution in [0.3, 0.4) is 0 Å². The summed E-state index contributed by atoms with van der Waals surface area (Å²) in [6.07, 6.45) is 0. The van der Waals surface area contributed by atoms with Crippen molar-refractivity contribution in [2.45, 2.75) is 0 Å². The Labute approximate surface area is 347 Å². The summed E-state index contributed by atoms with van der Waals surface area (Å²) in [6, 6.07) is 75.1. The van der Waals surface area contributed by atoms with E-state index in [0.29, 0.717) is 5.82 Å². The summed E-state index contributed by atoms with van der Waals surface area (Å²) in [5.74, 6) is 1.45. The summed E-state index contributed by atoms with van der Waals surface area (Å²) in [7, 11) is 0. The molecule has 1 aliphatic heterocycles. The predicted octanol–water partition coefficient (Wildman–Crippen LogP) is 14.2. The van der Waals surface area contributed by atoms with Gasteiger partial charge in [0.15, 0.2) is 5.82 Å². The van der Waals surface area contributed by atoms with Gasteiger partial charge in [-0.25, -0.2) is 15.0 Å². The lowest BCUT2D eigenvalue weighted by Crippen LogP contribution is -2.14. The van der Waals surface area contributed by atoms with E-state index in [1.54, 1.807) is 0 Å². The molecule has 0 amide bonds. The maximum atomic E-state index is 5.43. The number of anilines is 3. The third-order valence-electron chi connectivity index (χ3n) is 11.7. The zero-order valence-electron chi connectivity index (χ0n) is 32.4. The Morgan fingerprint density at radius 3 is 1.67 bits per heavy atom. The number of imidazole rings is 1. The van der Waals surface area contributed by atoms with E-state index in [2.05, 4.69) is 210 Å². The van der Waals surface area contributed by atoms with Crippen LogP contribution < -0.4 is 4.90 Å². The van der Waals surface area contributed by atoms with Gasteiger partial charge < -0.3 is 0 Å². The largest absolute Gasteiger partial charge is 0.280 e. The molecule has 5 nitrogen and oxygen atoms in total. The highest BCUT2D eigenvalue weighted by Gasteiger charge is 2.30. The molecular weight excluding hydrogens is 731 g/mol. The zero-order valence-corrected chi connectivity index (χ0v) is 32.4. The summed E-state index contributed by atoms with van der Waals surface area (Å²) in [6.45, 7) is 0. The molecule has 0 spiro atoms. The average molecular weight is 766 g/mol. The number of nitrogens with zero attached hydrogens (tertiary/aromatic N) is 5. The first-order valence-corrected chi connectivity index (χ1v) is 20.3. The van der Waals surface area contributed by atoms with Gasteiger partial charge in [0.1, 0.15) is 0 Å². The molecule has 0 N–H and O–H groups in total. The lowest BCUT2D eigenvalue weighted by Gasteiger charge is -2.26. The minimum absolute atomic E-state index is 0.642. The number of hydrogen-bond donors (Lipinski definition) is 0. The second-order valence-corrected chi connectivity index (χ2v) is 15.3. The molecule has 60 heavy (non-hydrogen) atoms. The van der Waals surface area contributed by atoms with E-state index >= 15 is 0 Å². The summed E-state index contributed by atoms with van der Waals surface area (Å²) in [4.78, 5) is 18.5. The van der Waals surface area contributed by atoms with Crippen LogP contribution in [0, 0.1) is 0 Å². The van der Waals surface area contributed by atoms with E-state index in [1.165, 1.54) is 21.5 Å². The highest BCUT2D eigenvalue weighted by Crippen LogP contribution is 2.49. The van der Waals surface area contributed by atoms with E-state index in [4.69, 9.17) is 15.0 Å². The fraction of sp³-hybridized carbons (Fsp3) is 0. The summed E-state index contributed by atoms with van der Waals surface area (Å²) >= 11 is 0. The van der Waals surface area contributed by atoms with Crippen LogP contribution in [0.4, 0.5) is 17.3 Å². The van der Waals surface area contributed by atoms with Crippen LogP contribution in [0.1, 0.15) is 0 Å². The molecule has 0 aliphatic carbocycles. The number of rotatable bonds is 5. The van der Waals surface area contributed by atoms with Crippen LogP contribution in [0.5, 0.6) is 0 Å². The SMILES string of the molecule is c1ccc(-c2cc(-c3ccccc3)nc(-c3cc(-c4cc5ccccc5c5ccccc45)cc(N4c5ccccc5-c5ccccc5-n5c4nc4ccccc45)c3)n2)cc1. The number of benzene rings is 9. The standard InChI is InChI=1S/C55H35N5/c1-3-17-36(18-4-1)49-35-50(37-19-5-2-6-20-37)57-54(56-49)40-31-39(47-34-38-21-7-8-22-42(38)43-23-9-10-24-44(43)47)32-41(33-40)59-51-28-14-11-25-45(51)46-26-12-15-29-52(46)60-53-30-16-13-27-48(53)58-55(59)60/h1-35H. The molecule has 5 heteroatoms. The molecule has 2 aromatic heterocycles. The fourth-order valence-electron chi connectivity index (χ4n) is 8.96. The van der Waals surface area contributed by atoms with Crippen molar-refractivity contribution in [1.82, 2.24) is 19.5 Å². The summed E-state index contributed by atoms with van der Waals surface area (Å²) in [5, 5.41) is 4.81. The first-order chi connectivity index (χ1) is 29.7. The van der Waals surface area contributed by atoms with Gasteiger partial charge in [-0.1, -0.05) is 158 Å². The minimum Gasteiger partial charge on any atom is -0.280 e. The van der Waals surface area contributed by atoms with Crippen LogP contribution in [0.2, 0.25) is 0 Å². The van der Waals surface area contributed by atoms with Crippen LogP contribution in [-0.2, 0) is 0 Å². The van der Waals surface area contributed by atoms with Crippen LogP contribution >= 0.6 is 0 Å². The molecule has 280 valence electrons. The Balaban J connectivity index is 1.19. The molecule has 9 aromatic carbocycles. The lowest BCUT2D eigenvalue weighted by atomic mass is 9.92. The molecule has 0 saturated heterocycles. The van der Waals surface area contributed by atoms with Crippen molar-refractivity contribution in [2.75, 3.05) is 4.90 Å². The van der Waals surface area contributed by atoms with Gasteiger partial charge in [-0.2, -0.15) is 0 Å². The molecule has 0 fully saturated rings. The van der Waals surface area contributed by atoms with Crippen molar-refractivity contribution >= 4 is 49.9 Å². The average Bonchev–Trinajstić information content (AvgIpc) is 3.65. The Hall–Kier alpha value is -8.15. The fourth-order valence-corrected chi connectivity index (χ4v) is 8.96. The molecule has 12 rings (SSSR count). The third-order valence-corrected chi connectivity index (χ3v) is 11.7. The normalized spacial score (nSPS) is 12.0. The molecular formula is C55H35N5. The van der Waals surface area contributed by atoms with Gasteiger partial charge in [0, 0.05) is 27.8 Å². The second kappa shape index (κ2) is 13.8. The van der Waals surface area contributed by atoms with Crippen molar-refractivity contribution in [3.8, 4) is 61.8 Å². The van der Waals surface area contributed by atoms with Crippen molar-refractivity contribution in [3.05, 3.63) is 212 Å². The molecule has 0 radical (unpaired) electrons. The summed E-state index contributed by atoms with van der Waals surface area (Å²) < 4.78 is 2.31. The van der Waals surface area contributed by atoms with Crippen LogP contribution in [0.15, 0.2) is 212 Å². The Morgan fingerprint density at radius 2 is 0.917 bits per heavy atom. The molecule has 3 heterocycles. The molecule has 0 bridgehead atoms. The van der Waals surface area contributed by atoms with Crippen molar-refractivity contribution in [2.24, 2.45) is 0 Å². The van der Waals surface area contributed by atoms with E-state index in [0.717, 1.165) is 84.4 Å². The van der Waals surface area contributed by atoms with Gasteiger partial charge in [0.2, 0.25) is 5.95 Å². The van der Waals surface area contributed by atoms with Crippen molar-refractivity contribution < 1.29 is 0 Å². The molecule has 1 aliphatic rings. The number of fused-ring (bicyclic) bond motifs is 10. The van der Waals surface area contributed by atoms with Gasteiger partial charge in [-0.05, 0) is 87.3 Å². The highest BCUT2D eigenvalue weighted by molar-refractivity contribution is 6.14. The minimum atomic E-state index is 0.642. The molecule has 0 saturated carbocycles. The van der Waals surface area contributed by atoms with Gasteiger partial charge in [0.05, 0.1) is 39.5 Å². The monoisotopic (exact) mass is 765 g/mol. The Bertz CT molecular complexity index is 3390. The number of aromatic nitrogens is 4. The molecule has 0 unspecified atom stereocenters. The maximum absolute atomic E-state index is 5.43. The molecule has 11 aromatic rings. The van der Waals surface area contributed by atoms with E-state index in [1.807, 2.05) is 12.1 Å².